The smallest absolute Gasteiger partial charge is 0.227 e. The molecule has 0 radical (unpaired) electrons. The van der Waals surface area contributed by atoms with Crippen LogP contribution in [0, 0.1) is 24.2 Å². The third kappa shape index (κ3) is 4.08. The van der Waals surface area contributed by atoms with Crippen molar-refractivity contribution in [1.29, 1.82) is 5.26 Å². The highest BCUT2D eigenvalue weighted by Crippen LogP contribution is 2.24. The molecule has 22 heavy (non-hydrogen) atoms. The van der Waals surface area contributed by atoms with Gasteiger partial charge in [-0.2, -0.15) is 5.26 Å². The number of nitrogens with zero attached hydrogens (tertiary/aromatic N) is 2. The van der Waals surface area contributed by atoms with Crippen LogP contribution in [-0.4, -0.2) is 30.4 Å². The lowest BCUT2D eigenvalue weighted by Crippen LogP contribution is -2.38. The van der Waals surface area contributed by atoms with Crippen LogP contribution in [0.2, 0.25) is 0 Å². The molecule has 0 spiro atoms. The van der Waals surface area contributed by atoms with Gasteiger partial charge in [0.15, 0.2) is 0 Å². The number of rotatable bonds is 5. The first-order chi connectivity index (χ1) is 10.7. The number of carbonyl (C=O) groups is 1. The number of nitriles is 1. The van der Waals surface area contributed by atoms with Gasteiger partial charge in [0.05, 0.1) is 6.07 Å². The molecule has 2 rings (SSSR count). The maximum Gasteiger partial charge on any atom is 0.227 e. The maximum atomic E-state index is 12.5. The van der Waals surface area contributed by atoms with E-state index in [4.69, 9.17) is 5.26 Å². The number of aryl methyl sites for hydroxylation is 2. The molecular formula is C18H25N3O. The van der Waals surface area contributed by atoms with Gasteiger partial charge in [-0.25, -0.2) is 0 Å². The topological polar surface area (TPSA) is 56.1 Å². The predicted octanol–water partition coefficient (Wildman–Crippen LogP) is 3.12. The molecule has 0 unspecified atom stereocenters. The molecule has 1 heterocycles. The summed E-state index contributed by atoms with van der Waals surface area (Å²) in [6.07, 6.45) is 3.25. The van der Waals surface area contributed by atoms with Gasteiger partial charge in [-0.1, -0.05) is 25.1 Å². The molecule has 1 N–H and O–H groups in total. The van der Waals surface area contributed by atoms with Gasteiger partial charge >= 0.3 is 0 Å². The second-order valence-corrected chi connectivity index (χ2v) is 5.98. The van der Waals surface area contributed by atoms with E-state index in [9.17, 15) is 4.79 Å². The van der Waals surface area contributed by atoms with Crippen LogP contribution in [0.3, 0.4) is 0 Å². The van der Waals surface area contributed by atoms with Crippen LogP contribution >= 0.6 is 0 Å². The molecule has 1 aliphatic heterocycles. The van der Waals surface area contributed by atoms with Crippen molar-refractivity contribution in [3.8, 4) is 6.07 Å². The molecule has 1 aliphatic rings. The molecule has 1 amide bonds. The van der Waals surface area contributed by atoms with E-state index < -0.39 is 0 Å². The summed E-state index contributed by atoms with van der Waals surface area (Å²) in [4.78, 5) is 14.8. The van der Waals surface area contributed by atoms with E-state index in [0.717, 1.165) is 50.1 Å². The second kappa shape index (κ2) is 7.95. The van der Waals surface area contributed by atoms with Crippen LogP contribution in [0.5, 0.6) is 0 Å². The number of piperidine rings is 1. The zero-order valence-electron chi connectivity index (χ0n) is 13.6. The number of nitrogens with one attached hydrogen (secondary N) is 1. The summed E-state index contributed by atoms with van der Waals surface area (Å²) in [6, 6.07) is 8.34. The Kier molecular flexibility index (Phi) is 5.97. The Morgan fingerprint density at radius 3 is 2.77 bits per heavy atom. The molecule has 1 aromatic carbocycles. The summed E-state index contributed by atoms with van der Waals surface area (Å²) in [5.41, 5.74) is 3.31. The maximum absolute atomic E-state index is 12.5. The van der Waals surface area contributed by atoms with E-state index in [1.165, 1.54) is 5.56 Å². The second-order valence-electron chi connectivity index (χ2n) is 5.98. The van der Waals surface area contributed by atoms with Crippen molar-refractivity contribution in [1.82, 2.24) is 4.90 Å². The number of hydrogen-bond acceptors (Lipinski definition) is 3. The van der Waals surface area contributed by atoms with E-state index in [1.54, 1.807) is 0 Å². The summed E-state index contributed by atoms with van der Waals surface area (Å²) in [6.45, 7) is 6.79. The zero-order chi connectivity index (χ0) is 15.9. The van der Waals surface area contributed by atoms with Gasteiger partial charge in [0.2, 0.25) is 5.91 Å². The molecule has 4 heteroatoms. The summed E-state index contributed by atoms with van der Waals surface area (Å²) < 4.78 is 0. The first-order valence-electron chi connectivity index (χ1n) is 8.14. The fraction of sp³-hybridized carbons (Fsp3) is 0.556. The lowest BCUT2D eigenvalue weighted by atomic mass is 9.95. The van der Waals surface area contributed by atoms with Crippen molar-refractivity contribution in [3.63, 3.8) is 0 Å². The standard InChI is InChI=1S/C18H25N3O/c1-3-15-7-4-6-14(2)17(15)20-18(22)16-8-12-21(13-9-16)11-5-10-19/h4,6-7,16H,3,5,8-9,11-13H2,1-2H3,(H,20,22). The van der Waals surface area contributed by atoms with Crippen molar-refractivity contribution in [2.24, 2.45) is 5.92 Å². The highest BCUT2D eigenvalue weighted by molar-refractivity contribution is 5.94. The van der Waals surface area contributed by atoms with Gasteiger partial charge in [0, 0.05) is 24.6 Å². The number of para-hydroxylation sites is 1. The average Bonchev–Trinajstić information content (AvgIpc) is 2.55. The molecule has 0 saturated carbocycles. The van der Waals surface area contributed by atoms with Crippen molar-refractivity contribution in [2.45, 2.75) is 39.5 Å². The summed E-state index contributed by atoms with van der Waals surface area (Å²) in [5.74, 6) is 0.228. The average molecular weight is 299 g/mol. The predicted molar refractivity (Wildman–Crippen MR) is 88.6 cm³/mol. The number of hydrogen-bond donors (Lipinski definition) is 1. The van der Waals surface area contributed by atoms with Gasteiger partial charge in [-0.3, -0.25) is 4.79 Å². The summed E-state index contributed by atoms with van der Waals surface area (Å²) in [7, 11) is 0. The van der Waals surface area contributed by atoms with Crippen LogP contribution in [0.4, 0.5) is 5.69 Å². The molecule has 0 aromatic heterocycles. The monoisotopic (exact) mass is 299 g/mol. The third-order valence-electron chi connectivity index (χ3n) is 4.49. The Morgan fingerprint density at radius 2 is 2.14 bits per heavy atom. The number of anilines is 1. The minimum atomic E-state index is 0.0858. The van der Waals surface area contributed by atoms with E-state index in [0.29, 0.717) is 6.42 Å². The lowest BCUT2D eigenvalue weighted by molar-refractivity contribution is -0.121. The van der Waals surface area contributed by atoms with Crippen molar-refractivity contribution in [3.05, 3.63) is 29.3 Å². The van der Waals surface area contributed by atoms with Crippen LogP contribution in [-0.2, 0) is 11.2 Å². The SMILES string of the molecule is CCc1cccc(C)c1NC(=O)C1CCN(CCC#N)CC1. The van der Waals surface area contributed by atoms with E-state index in [-0.39, 0.29) is 11.8 Å². The molecule has 4 nitrogen and oxygen atoms in total. The van der Waals surface area contributed by atoms with Gasteiger partial charge in [-0.15, -0.1) is 0 Å². The number of amides is 1. The highest BCUT2D eigenvalue weighted by Gasteiger charge is 2.25. The quantitative estimate of drug-likeness (QED) is 0.909. The van der Waals surface area contributed by atoms with E-state index >= 15 is 0 Å². The first-order valence-corrected chi connectivity index (χ1v) is 8.14. The fourth-order valence-corrected chi connectivity index (χ4v) is 3.05. The number of benzene rings is 1. The molecular weight excluding hydrogens is 274 g/mol. The van der Waals surface area contributed by atoms with Crippen molar-refractivity contribution < 1.29 is 4.79 Å². The van der Waals surface area contributed by atoms with Crippen LogP contribution in [0.25, 0.3) is 0 Å². The lowest BCUT2D eigenvalue weighted by Gasteiger charge is -2.30. The van der Waals surface area contributed by atoms with Crippen LogP contribution < -0.4 is 5.32 Å². The fourth-order valence-electron chi connectivity index (χ4n) is 3.05. The van der Waals surface area contributed by atoms with Gasteiger partial charge in [-0.05, 0) is 50.4 Å². The third-order valence-corrected chi connectivity index (χ3v) is 4.49. The molecule has 118 valence electrons. The molecule has 1 fully saturated rings. The molecule has 1 saturated heterocycles. The normalized spacial score (nSPS) is 16.2. The zero-order valence-corrected chi connectivity index (χ0v) is 13.6. The largest absolute Gasteiger partial charge is 0.325 e. The molecule has 0 aliphatic carbocycles. The summed E-state index contributed by atoms with van der Waals surface area (Å²) >= 11 is 0. The molecule has 0 atom stereocenters. The Labute approximate surface area is 133 Å². The summed E-state index contributed by atoms with van der Waals surface area (Å²) in [5, 5.41) is 11.8. The Bertz CT molecular complexity index is 554. The van der Waals surface area contributed by atoms with Gasteiger partial charge < -0.3 is 10.2 Å². The van der Waals surface area contributed by atoms with Crippen molar-refractivity contribution in [2.75, 3.05) is 25.0 Å². The van der Waals surface area contributed by atoms with E-state index in [2.05, 4.69) is 29.3 Å². The van der Waals surface area contributed by atoms with Crippen LogP contribution in [0.15, 0.2) is 18.2 Å². The minimum Gasteiger partial charge on any atom is -0.325 e. The molecule has 0 bridgehead atoms. The minimum absolute atomic E-state index is 0.0858. The van der Waals surface area contributed by atoms with Crippen molar-refractivity contribution >= 4 is 11.6 Å². The molecule has 1 aromatic rings. The Morgan fingerprint density at radius 1 is 1.41 bits per heavy atom. The Hall–Kier alpha value is -1.86. The first kappa shape index (κ1) is 16.5. The van der Waals surface area contributed by atoms with Gasteiger partial charge in [0.25, 0.3) is 0 Å². The van der Waals surface area contributed by atoms with E-state index in [1.807, 2.05) is 19.1 Å². The highest BCUT2D eigenvalue weighted by atomic mass is 16.1. The van der Waals surface area contributed by atoms with Crippen LogP contribution in [0.1, 0.15) is 37.3 Å². The number of likely N-dealkylation sites (tertiary alicyclic amines) is 1. The number of carbonyl (C=O) groups excluding carboxylic acids is 1. The van der Waals surface area contributed by atoms with Gasteiger partial charge in [0.1, 0.15) is 0 Å². The Balaban J connectivity index is 1.93.